The van der Waals surface area contributed by atoms with Crippen molar-refractivity contribution >= 4 is 10.0 Å². The highest BCUT2D eigenvalue weighted by atomic mass is 32.2. The molecule has 0 fully saturated rings. The average Bonchev–Trinajstić information content (AvgIpc) is 2.29. The van der Waals surface area contributed by atoms with E-state index in [2.05, 4.69) is 4.72 Å². The van der Waals surface area contributed by atoms with Crippen molar-refractivity contribution in [3.05, 3.63) is 29.8 Å². The molecule has 3 N–H and O–H groups in total. The van der Waals surface area contributed by atoms with Crippen LogP contribution in [0.25, 0.3) is 0 Å². The van der Waals surface area contributed by atoms with Crippen LogP contribution in [0.1, 0.15) is 24.8 Å². The Labute approximate surface area is 103 Å². The number of sulfonamides is 1. The van der Waals surface area contributed by atoms with E-state index in [1.807, 2.05) is 6.07 Å². The zero-order chi connectivity index (χ0) is 12.7. The van der Waals surface area contributed by atoms with Crippen LogP contribution in [0.5, 0.6) is 0 Å². The van der Waals surface area contributed by atoms with E-state index in [0.29, 0.717) is 18.0 Å². The molecule has 0 unspecified atom stereocenters. The molecule has 0 aliphatic heterocycles. The minimum Gasteiger partial charge on any atom is -0.330 e. The van der Waals surface area contributed by atoms with Gasteiger partial charge in [-0.15, -0.1) is 0 Å². The number of rotatable bonds is 7. The molecule has 0 atom stereocenters. The van der Waals surface area contributed by atoms with Crippen molar-refractivity contribution < 1.29 is 8.42 Å². The van der Waals surface area contributed by atoms with Crippen molar-refractivity contribution in [1.29, 1.82) is 0 Å². The Morgan fingerprint density at radius 2 is 1.88 bits per heavy atom. The van der Waals surface area contributed by atoms with E-state index in [-0.39, 0.29) is 0 Å². The number of nitrogens with one attached hydrogen (secondary N) is 1. The van der Waals surface area contributed by atoms with Crippen molar-refractivity contribution in [3.8, 4) is 0 Å². The Morgan fingerprint density at radius 3 is 2.53 bits per heavy atom. The van der Waals surface area contributed by atoms with Gasteiger partial charge in [-0.3, -0.25) is 0 Å². The van der Waals surface area contributed by atoms with E-state index in [1.165, 1.54) is 0 Å². The average molecular weight is 256 g/mol. The summed E-state index contributed by atoms with van der Waals surface area (Å²) >= 11 is 0. The van der Waals surface area contributed by atoms with Gasteiger partial charge in [-0.05, 0) is 37.9 Å². The molecule has 1 rings (SSSR count). The van der Waals surface area contributed by atoms with Gasteiger partial charge in [0.1, 0.15) is 0 Å². The summed E-state index contributed by atoms with van der Waals surface area (Å²) in [6.45, 7) is 2.92. The summed E-state index contributed by atoms with van der Waals surface area (Å²) < 4.78 is 26.5. The quantitative estimate of drug-likeness (QED) is 0.724. The molecule has 0 heterocycles. The summed E-state index contributed by atoms with van der Waals surface area (Å²) in [5, 5.41) is 0. The Hall–Kier alpha value is -0.910. The Morgan fingerprint density at radius 1 is 1.18 bits per heavy atom. The third-order valence-corrected chi connectivity index (χ3v) is 4.18. The number of nitrogens with two attached hydrogens (primary N) is 1. The Bertz CT molecular complexity index is 444. The molecular weight excluding hydrogens is 236 g/mol. The lowest BCUT2D eigenvalue weighted by Crippen LogP contribution is -2.25. The van der Waals surface area contributed by atoms with E-state index < -0.39 is 10.0 Å². The van der Waals surface area contributed by atoms with Crippen LogP contribution in [0, 0.1) is 6.92 Å². The van der Waals surface area contributed by atoms with Crippen LogP contribution >= 0.6 is 0 Å². The zero-order valence-electron chi connectivity index (χ0n) is 10.1. The summed E-state index contributed by atoms with van der Waals surface area (Å²) in [6, 6.07) is 6.98. The number of aryl methyl sites for hydroxylation is 1. The second-order valence-corrected chi connectivity index (χ2v) is 5.75. The highest BCUT2D eigenvalue weighted by molar-refractivity contribution is 7.89. The number of unbranched alkanes of at least 4 members (excludes halogenated alkanes) is 2. The largest absolute Gasteiger partial charge is 0.330 e. The molecule has 5 heteroatoms. The number of benzene rings is 1. The highest BCUT2D eigenvalue weighted by Crippen LogP contribution is 2.13. The summed E-state index contributed by atoms with van der Waals surface area (Å²) in [5.74, 6) is 0. The van der Waals surface area contributed by atoms with Gasteiger partial charge < -0.3 is 5.73 Å². The van der Waals surface area contributed by atoms with Crippen molar-refractivity contribution in [3.63, 3.8) is 0 Å². The van der Waals surface area contributed by atoms with Gasteiger partial charge in [0, 0.05) is 6.54 Å². The summed E-state index contributed by atoms with van der Waals surface area (Å²) in [6.07, 6.45) is 2.71. The third-order valence-electron chi connectivity index (χ3n) is 2.56. The molecule has 1 aromatic carbocycles. The lowest BCUT2D eigenvalue weighted by molar-refractivity contribution is 0.574. The van der Waals surface area contributed by atoms with Crippen LogP contribution in [0.3, 0.4) is 0 Å². The molecule has 96 valence electrons. The number of hydrogen-bond donors (Lipinski definition) is 2. The first-order valence-corrected chi connectivity index (χ1v) is 7.31. The lowest BCUT2D eigenvalue weighted by Gasteiger charge is -2.08. The van der Waals surface area contributed by atoms with Crippen LogP contribution in [0.15, 0.2) is 29.2 Å². The maximum absolute atomic E-state index is 11.9. The molecule has 0 saturated carbocycles. The molecule has 0 spiro atoms. The molecule has 0 aliphatic carbocycles. The van der Waals surface area contributed by atoms with E-state index >= 15 is 0 Å². The first-order chi connectivity index (χ1) is 8.08. The van der Waals surface area contributed by atoms with Gasteiger partial charge >= 0.3 is 0 Å². The fourth-order valence-corrected chi connectivity index (χ4v) is 2.91. The highest BCUT2D eigenvalue weighted by Gasteiger charge is 2.14. The Kier molecular flexibility index (Phi) is 5.61. The molecule has 0 radical (unpaired) electrons. The minimum absolute atomic E-state index is 0.360. The molecule has 17 heavy (non-hydrogen) atoms. The van der Waals surface area contributed by atoms with E-state index in [4.69, 9.17) is 5.73 Å². The van der Waals surface area contributed by atoms with Crippen molar-refractivity contribution in [2.75, 3.05) is 13.1 Å². The van der Waals surface area contributed by atoms with Gasteiger partial charge in [-0.1, -0.05) is 24.6 Å². The predicted octanol–water partition coefficient (Wildman–Crippen LogP) is 1.40. The van der Waals surface area contributed by atoms with Gasteiger partial charge in [0.2, 0.25) is 10.0 Å². The fraction of sp³-hybridized carbons (Fsp3) is 0.500. The van der Waals surface area contributed by atoms with E-state index in [0.717, 1.165) is 24.8 Å². The second-order valence-electron chi connectivity index (χ2n) is 4.01. The summed E-state index contributed by atoms with van der Waals surface area (Å²) in [5.41, 5.74) is 6.13. The SMILES string of the molecule is Cc1ccccc1S(=O)(=O)NCCCCCN. The van der Waals surface area contributed by atoms with Crippen LogP contribution in [-0.4, -0.2) is 21.5 Å². The van der Waals surface area contributed by atoms with Crippen molar-refractivity contribution in [1.82, 2.24) is 4.72 Å². The molecule has 0 saturated heterocycles. The van der Waals surface area contributed by atoms with Crippen LogP contribution in [-0.2, 0) is 10.0 Å². The van der Waals surface area contributed by atoms with E-state index in [9.17, 15) is 8.42 Å². The van der Waals surface area contributed by atoms with Gasteiger partial charge in [0.25, 0.3) is 0 Å². The minimum atomic E-state index is -3.36. The van der Waals surface area contributed by atoms with Crippen LogP contribution in [0.4, 0.5) is 0 Å². The first kappa shape index (κ1) is 14.2. The van der Waals surface area contributed by atoms with Gasteiger partial charge in [-0.2, -0.15) is 0 Å². The zero-order valence-corrected chi connectivity index (χ0v) is 11.0. The topological polar surface area (TPSA) is 72.2 Å². The van der Waals surface area contributed by atoms with Crippen molar-refractivity contribution in [2.45, 2.75) is 31.1 Å². The first-order valence-electron chi connectivity index (χ1n) is 5.83. The maximum atomic E-state index is 11.9. The fourth-order valence-electron chi connectivity index (χ4n) is 1.59. The standard InChI is InChI=1S/C12H20N2O2S/c1-11-7-3-4-8-12(11)17(15,16)14-10-6-2-5-9-13/h3-4,7-8,14H,2,5-6,9-10,13H2,1H3. The molecule has 0 bridgehead atoms. The van der Waals surface area contributed by atoms with Gasteiger partial charge in [-0.25, -0.2) is 13.1 Å². The lowest BCUT2D eigenvalue weighted by atomic mass is 10.2. The normalized spacial score (nSPS) is 11.6. The maximum Gasteiger partial charge on any atom is 0.240 e. The molecule has 0 aromatic heterocycles. The molecular formula is C12H20N2O2S. The summed E-state index contributed by atoms with van der Waals surface area (Å²) in [7, 11) is -3.36. The monoisotopic (exact) mass is 256 g/mol. The molecule has 0 amide bonds. The van der Waals surface area contributed by atoms with Crippen LogP contribution in [0.2, 0.25) is 0 Å². The molecule has 1 aromatic rings. The Balaban J connectivity index is 2.55. The second kappa shape index (κ2) is 6.74. The predicted molar refractivity (Wildman–Crippen MR) is 69.3 cm³/mol. The van der Waals surface area contributed by atoms with Gasteiger partial charge in [0.15, 0.2) is 0 Å². The van der Waals surface area contributed by atoms with Crippen LogP contribution < -0.4 is 10.5 Å². The van der Waals surface area contributed by atoms with Gasteiger partial charge in [0.05, 0.1) is 4.90 Å². The molecule has 4 nitrogen and oxygen atoms in total. The summed E-state index contributed by atoms with van der Waals surface area (Å²) in [4.78, 5) is 0.360. The molecule has 0 aliphatic rings. The smallest absolute Gasteiger partial charge is 0.240 e. The number of hydrogen-bond acceptors (Lipinski definition) is 3. The van der Waals surface area contributed by atoms with Crippen molar-refractivity contribution in [2.24, 2.45) is 5.73 Å². The third kappa shape index (κ3) is 4.46. The van der Waals surface area contributed by atoms with E-state index in [1.54, 1.807) is 25.1 Å².